The second kappa shape index (κ2) is 20.8. The summed E-state index contributed by atoms with van der Waals surface area (Å²) in [7, 11) is 0. The molecule has 0 fully saturated rings. The van der Waals surface area contributed by atoms with Gasteiger partial charge in [0.2, 0.25) is 0 Å². The van der Waals surface area contributed by atoms with Gasteiger partial charge in [-0.3, -0.25) is 0 Å². The van der Waals surface area contributed by atoms with Crippen LogP contribution in [0.3, 0.4) is 0 Å². The zero-order valence-corrected chi connectivity index (χ0v) is 17.5. The van der Waals surface area contributed by atoms with Gasteiger partial charge in [0.25, 0.3) is 0 Å². The van der Waals surface area contributed by atoms with Crippen LogP contribution in [-0.4, -0.2) is 30.5 Å². The quantitative estimate of drug-likeness (QED) is 0.238. The first-order chi connectivity index (χ1) is 13.2. The van der Waals surface area contributed by atoms with Crippen LogP contribution < -0.4 is 5.32 Å². The van der Waals surface area contributed by atoms with Gasteiger partial charge in [0.15, 0.2) is 0 Å². The number of carbonyl (C=O) groups excluding carboxylic acids is 1. The van der Waals surface area contributed by atoms with Crippen LogP contribution >= 0.6 is 0 Å². The first-order valence-corrected chi connectivity index (χ1v) is 10.7. The fourth-order valence-electron chi connectivity index (χ4n) is 2.52. The highest BCUT2D eigenvalue weighted by Gasteiger charge is 2.02. The number of aliphatic hydroxyl groups is 1. The molecule has 0 aromatic carbocycles. The van der Waals surface area contributed by atoms with Crippen LogP contribution in [0, 0.1) is 0 Å². The van der Waals surface area contributed by atoms with Gasteiger partial charge in [-0.05, 0) is 45.4 Å². The lowest BCUT2D eigenvalue weighted by atomic mass is 10.1. The zero-order valence-electron chi connectivity index (χ0n) is 17.5. The summed E-state index contributed by atoms with van der Waals surface area (Å²) in [4.78, 5) is 11.3. The van der Waals surface area contributed by atoms with Gasteiger partial charge in [0.1, 0.15) is 0 Å². The Bertz CT molecular complexity index is 414. The summed E-state index contributed by atoms with van der Waals surface area (Å²) < 4.78 is 5.04. The standard InChI is InChI=1S/C23H41NO3/c1-3-4-5-6-7-8-9-10-11-12-13-14-15-16-17-18-19-20-27-23(26)24-21-22(2)25/h4-5,7-8,10-11,22,25H,3,6,9,12-21H2,1-2H3,(H,24,26)/b5-4-,8-7-,11-10-/t22-/m0/s1. The van der Waals surface area contributed by atoms with Crippen LogP contribution in [0.4, 0.5) is 4.79 Å². The van der Waals surface area contributed by atoms with Crippen molar-refractivity contribution in [3.63, 3.8) is 0 Å². The van der Waals surface area contributed by atoms with Crippen molar-refractivity contribution >= 4 is 6.09 Å². The molecule has 0 rings (SSSR count). The van der Waals surface area contributed by atoms with Gasteiger partial charge in [-0.2, -0.15) is 0 Å². The Morgan fingerprint density at radius 1 is 0.889 bits per heavy atom. The SMILES string of the molecule is CC/C=C\C/C=C\C/C=C\CCCCCCCCCOC(=O)NC[C@H](C)O. The van der Waals surface area contributed by atoms with E-state index in [0.29, 0.717) is 6.61 Å². The van der Waals surface area contributed by atoms with E-state index in [9.17, 15) is 4.79 Å². The molecule has 156 valence electrons. The van der Waals surface area contributed by atoms with Crippen molar-refractivity contribution in [3.8, 4) is 0 Å². The minimum absolute atomic E-state index is 0.237. The molecule has 0 saturated heterocycles. The molecule has 0 aliphatic heterocycles. The van der Waals surface area contributed by atoms with Crippen molar-refractivity contribution in [2.45, 2.75) is 90.6 Å². The maximum absolute atomic E-state index is 11.3. The average molecular weight is 380 g/mol. The lowest BCUT2D eigenvalue weighted by Crippen LogP contribution is -2.31. The number of aliphatic hydroxyl groups excluding tert-OH is 1. The number of nitrogens with one attached hydrogen (secondary N) is 1. The topological polar surface area (TPSA) is 58.6 Å². The molecule has 0 spiro atoms. The molecular weight excluding hydrogens is 338 g/mol. The average Bonchev–Trinajstić information content (AvgIpc) is 2.65. The Morgan fingerprint density at radius 3 is 2.07 bits per heavy atom. The summed E-state index contributed by atoms with van der Waals surface area (Å²) in [5, 5.41) is 11.6. The van der Waals surface area contributed by atoms with E-state index in [2.05, 4.69) is 48.7 Å². The maximum Gasteiger partial charge on any atom is 0.407 e. The Hall–Kier alpha value is -1.55. The van der Waals surface area contributed by atoms with E-state index in [1.54, 1.807) is 6.92 Å². The predicted molar refractivity (Wildman–Crippen MR) is 115 cm³/mol. The van der Waals surface area contributed by atoms with Crippen molar-refractivity contribution in [3.05, 3.63) is 36.5 Å². The largest absolute Gasteiger partial charge is 0.450 e. The smallest absolute Gasteiger partial charge is 0.407 e. The maximum atomic E-state index is 11.3. The molecule has 0 aliphatic carbocycles. The first kappa shape index (κ1) is 25.4. The number of alkyl carbamates (subject to hydrolysis) is 1. The van der Waals surface area contributed by atoms with E-state index < -0.39 is 12.2 Å². The van der Waals surface area contributed by atoms with Crippen molar-refractivity contribution in [2.24, 2.45) is 0 Å². The lowest BCUT2D eigenvalue weighted by Gasteiger charge is -2.08. The summed E-state index contributed by atoms with van der Waals surface area (Å²) >= 11 is 0. The number of ether oxygens (including phenoxy) is 1. The van der Waals surface area contributed by atoms with E-state index in [-0.39, 0.29) is 6.54 Å². The van der Waals surface area contributed by atoms with Crippen LogP contribution in [-0.2, 0) is 4.74 Å². The van der Waals surface area contributed by atoms with E-state index in [1.807, 2.05) is 0 Å². The highest BCUT2D eigenvalue weighted by atomic mass is 16.5. The number of carbonyl (C=O) groups is 1. The highest BCUT2D eigenvalue weighted by molar-refractivity contribution is 5.67. The summed E-state index contributed by atoms with van der Waals surface area (Å²) in [5.74, 6) is 0. The predicted octanol–water partition coefficient (Wildman–Crippen LogP) is 6.07. The second-order valence-corrected chi connectivity index (χ2v) is 6.92. The van der Waals surface area contributed by atoms with Crippen molar-refractivity contribution in [2.75, 3.05) is 13.2 Å². The zero-order chi connectivity index (χ0) is 20.0. The van der Waals surface area contributed by atoms with Crippen LogP contribution in [0.15, 0.2) is 36.5 Å². The minimum atomic E-state index is -0.539. The third-order valence-electron chi connectivity index (χ3n) is 4.07. The Labute approximate surface area is 166 Å². The monoisotopic (exact) mass is 379 g/mol. The molecule has 0 aromatic heterocycles. The van der Waals surface area contributed by atoms with Crippen molar-refractivity contribution < 1.29 is 14.6 Å². The van der Waals surface area contributed by atoms with Crippen molar-refractivity contribution in [1.29, 1.82) is 0 Å². The van der Waals surface area contributed by atoms with Gasteiger partial charge in [0.05, 0.1) is 12.7 Å². The summed E-state index contributed by atoms with van der Waals surface area (Å²) in [6.45, 7) is 4.48. The van der Waals surface area contributed by atoms with E-state index in [0.717, 1.165) is 32.1 Å². The number of amides is 1. The molecular formula is C23H41NO3. The number of rotatable bonds is 17. The molecule has 0 unspecified atom stereocenters. The van der Waals surface area contributed by atoms with E-state index >= 15 is 0 Å². The van der Waals surface area contributed by atoms with Gasteiger partial charge in [-0.1, -0.05) is 75.5 Å². The molecule has 0 aliphatic rings. The third kappa shape index (κ3) is 22.4. The van der Waals surface area contributed by atoms with Gasteiger partial charge >= 0.3 is 6.09 Å². The molecule has 0 saturated carbocycles. The number of hydrogen-bond donors (Lipinski definition) is 2. The third-order valence-corrected chi connectivity index (χ3v) is 4.07. The fraction of sp³-hybridized carbons (Fsp3) is 0.696. The molecule has 1 amide bonds. The Morgan fingerprint density at radius 2 is 1.44 bits per heavy atom. The summed E-state index contributed by atoms with van der Waals surface area (Å²) in [6, 6.07) is 0. The fourth-order valence-corrected chi connectivity index (χ4v) is 2.52. The Balaban J connectivity index is 3.25. The van der Waals surface area contributed by atoms with Crippen LogP contribution in [0.5, 0.6) is 0 Å². The molecule has 4 heteroatoms. The molecule has 1 atom stereocenters. The normalized spacial score (nSPS) is 13.0. The molecule has 0 aromatic rings. The molecule has 2 N–H and O–H groups in total. The number of unbranched alkanes of at least 4 members (excludes halogenated alkanes) is 7. The Kier molecular flexibility index (Phi) is 19.6. The highest BCUT2D eigenvalue weighted by Crippen LogP contribution is 2.09. The molecule has 0 radical (unpaired) electrons. The van der Waals surface area contributed by atoms with E-state index in [1.165, 1.54) is 38.5 Å². The molecule has 27 heavy (non-hydrogen) atoms. The van der Waals surface area contributed by atoms with Crippen molar-refractivity contribution in [1.82, 2.24) is 5.32 Å². The van der Waals surface area contributed by atoms with Gasteiger partial charge < -0.3 is 15.2 Å². The molecule has 0 bridgehead atoms. The minimum Gasteiger partial charge on any atom is -0.450 e. The van der Waals surface area contributed by atoms with Crippen LogP contribution in [0.1, 0.15) is 84.5 Å². The van der Waals surface area contributed by atoms with Crippen LogP contribution in [0.25, 0.3) is 0 Å². The number of allylic oxidation sites excluding steroid dienone is 6. The van der Waals surface area contributed by atoms with E-state index in [4.69, 9.17) is 9.84 Å². The summed E-state index contributed by atoms with van der Waals surface area (Å²) in [6.07, 6.45) is 25.2. The second-order valence-electron chi connectivity index (χ2n) is 6.92. The number of hydrogen-bond acceptors (Lipinski definition) is 3. The molecule has 4 nitrogen and oxygen atoms in total. The van der Waals surface area contributed by atoms with Gasteiger partial charge in [-0.15, -0.1) is 0 Å². The lowest BCUT2D eigenvalue weighted by molar-refractivity contribution is 0.133. The van der Waals surface area contributed by atoms with Crippen LogP contribution in [0.2, 0.25) is 0 Å². The van der Waals surface area contributed by atoms with Gasteiger partial charge in [0, 0.05) is 6.54 Å². The first-order valence-electron chi connectivity index (χ1n) is 10.7. The van der Waals surface area contributed by atoms with Gasteiger partial charge in [-0.25, -0.2) is 4.79 Å². The summed E-state index contributed by atoms with van der Waals surface area (Å²) in [5.41, 5.74) is 0. The molecule has 0 heterocycles.